The lowest BCUT2D eigenvalue weighted by atomic mass is 10.1. The van der Waals surface area contributed by atoms with Gasteiger partial charge in [0.25, 0.3) is 5.56 Å². The summed E-state index contributed by atoms with van der Waals surface area (Å²) in [4.78, 5) is 30.3. The number of aliphatic hydroxyl groups excluding tert-OH is 1. The number of aryl methyl sites for hydroxylation is 1. The fraction of sp³-hybridized carbons (Fsp3) is 0.227. The Morgan fingerprint density at radius 1 is 1.20 bits per heavy atom. The van der Waals surface area contributed by atoms with Gasteiger partial charge in [0.05, 0.1) is 12.8 Å². The largest absolute Gasteiger partial charge is 0.495 e. The summed E-state index contributed by atoms with van der Waals surface area (Å²) in [5.74, 6) is -0.143. The zero-order valence-electron chi connectivity index (χ0n) is 16.7. The van der Waals surface area contributed by atoms with Gasteiger partial charge in [-0.25, -0.2) is 9.37 Å². The molecule has 0 bridgehead atoms. The Balaban J connectivity index is 2.02. The second kappa shape index (κ2) is 9.32. The summed E-state index contributed by atoms with van der Waals surface area (Å²) in [6, 6.07) is 12.4. The molecule has 0 saturated carbocycles. The van der Waals surface area contributed by atoms with Crippen molar-refractivity contribution in [1.29, 1.82) is 0 Å². The van der Waals surface area contributed by atoms with E-state index in [1.165, 1.54) is 35.9 Å². The molecule has 1 amide bonds. The Hall–Kier alpha value is -3.52. The maximum atomic E-state index is 13.4. The van der Waals surface area contributed by atoms with Crippen LogP contribution in [0.2, 0.25) is 0 Å². The average molecular weight is 411 g/mol. The lowest BCUT2D eigenvalue weighted by Gasteiger charge is -2.16. The first kappa shape index (κ1) is 21.2. The Labute approximate surface area is 172 Å². The summed E-state index contributed by atoms with van der Waals surface area (Å²) >= 11 is 0. The molecule has 0 aliphatic heterocycles. The summed E-state index contributed by atoms with van der Waals surface area (Å²) in [6.45, 7) is 1.13. The second-order valence-corrected chi connectivity index (χ2v) is 6.62. The van der Waals surface area contributed by atoms with Crippen molar-refractivity contribution >= 4 is 11.6 Å². The van der Waals surface area contributed by atoms with Gasteiger partial charge in [-0.2, -0.15) is 0 Å². The van der Waals surface area contributed by atoms with Gasteiger partial charge >= 0.3 is 0 Å². The van der Waals surface area contributed by atoms with E-state index in [1.807, 2.05) is 0 Å². The number of rotatable bonds is 7. The minimum Gasteiger partial charge on any atom is -0.495 e. The molecule has 0 radical (unpaired) electrons. The van der Waals surface area contributed by atoms with Gasteiger partial charge in [0, 0.05) is 29.8 Å². The Morgan fingerprint density at radius 2 is 1.90 bits per heavy atom. The molecule has 2 N–H and O–H groups in total. The monoisotopic (exact) mass is 411 g/mol. The number of aromatic nitrogens is 2. The van der Waals surface area contributed by atoms with Crippen LogP contribution >= 0.6 is 0 Å². The van der Waals surface area contributed by atoms with E-state index < -0.39 is 17.3 Å². The maximum Gasteiger partial charge on any atom is 0.257 e. The number of benzene rings is 2. The lowest BCUT2D eigenvalue weighted by molar-refractivity contribution is -0.116. The van der Waals surface area contributed by atoms with Crippen LogP contribution in [0.4, 0.5) is 10.1 Å². The van der Waals surface area contributed by atoms with Crippen molar-refractivity contribution in [3.63, 3.8) is 0 Å². The van der Waals surface area contributed by atoms with Crippen LogP contribution < -0.4 is 15.6 Å². The standard InChI is InChI=1S/C22H22FN3O4/c1-14-17(11-12-27)22(29)26(21(24-14)15-7-9-16(23)10-8-15)13-20(28)25-18-5-3-4-6-19(18)30-2/h3-10,27H,11-13H2,1-2H3,(H,25,28). The van der Waals surface area contributed by atoms with Crippen LogP contribution in [0.25, 0.3) is 11.4 Å². The highest BCUT2D eigenvalue weighted by molar-refractivity contribution is 5.92. The molecule has 0 fully saturated rings. The van der Waals surface area contributed by atoms with Crippen LogP contribution in [0.5, 0.6) is 5.75 Å². The van der Waals surface area contributed by atoms with Crippen LogP contribution in [-0.4, -0.2) is 34.3 Å². The molecule has 1 heterocycles. The second-order valence-electron chi connectivity index (χ2n) is 6.62. The molecule has 156 valence electrons. The van der Waals surface area contributed by atoms with Crippen LogP contribution in [0.1, 0.15) is 11.3 Å². The molecular weight excluding hydrogens is 389 g/mol. The number of ether oxygens (including phenoxy) is 1. The van der Waals surface area contributed by atoms with Gasteiger partial charge in [0.2, 0.25) is 5.91 Å². The number of nitrogens with zero attached hydrogens (tertiary/aromatic N) is 2. The van der Waals surface area contributed by atoms with Gasteiger partial charge in [-0.15, -0.1) is 0 Å². The first-order valence-electron chi connectivity index (χ1n) is 9.34. The van der Waals surface area contributed by atoms with Crippen LogP contribution in [-0.2, 0) is 17.8 Å². The number of aliphatic hydroxyl groups is 1. The van der Waals surface area contributed by atoms with Crippen LogP contribution in [0.3, 0.4) is 0 Å². The first-order valence-corrected chi connectivity index (χ1v) is 9.34. The third-order valence-corrected chi connectivity index (χ3v) is 4.62. The predicted molar refractivity (Wildman–Crippen MR) is 111 cm³/mol. The van der Waals surface area contributed by atoms with Gasteiger partial charge in [-0.3, -0.25) is 14.2 Å². The van der Waals surface area contributed by atoms with E-state index >= 15 is 0 Å². The van der Waals surface area contributed by atoms with E-state index in [0.29, 0.717) is 28.3 Å². The smallest absolute Gasteiger partial charge is 0.257 e. The number of nitrogens with one attached hydrogen (secondary N) is 1. The van der Waals surface area contributed by atoms with Crippen molar-refractivity contribution in [2.24, 2.45) is 0 Å². The fourth-order valence-electron chi connectivity index (χ4n) is 3.15. The molecule has 3 aromatic rings. The summed E-state index contributed by atoms with van der Waals surface area (Å²) in [6.07, 6.45) is 0.121. The minimum atomic E-state index is -0.453. The van der Waals surface area contributed by atoms with E-state index in [4.69, 9.17) is 4.74 Å². The average Bonchev–Trinajstić information content (AvgIpc) is 2.74. The molecule has 2 aromatic carbocycles. The van der Waals surface area contributed by atoms with E-state index in [1.54, 1.807) is 31.2 Å². The number of para-hydroxylation sites is 2. The number of hydrogen-bond donors (Lipinski definition) is 2. The molecule has 7 nitrogen and oxygen atoms in total. The van der Waals surface area contributed by atoms with Crippen molar-refractivity contribution in [3.8, 4) is 17.1 Å². The van der Waals surface area contributed by atoms with E-state index in [-0.39, 0.29) is 25.4 Å². The van der Waals surface area contributed by atoms with Gasteiger partial charge in [-0.05, 0) is 43.3 Å². The lowest BCUT2D eigenvalue weighted by Crippen LogP contribution is -2.33. The van der Waals surface area contributed by atoms with E-state index in [9.17, 15) is 19.1 Å². The van der Waals surface area contributed by atoms with Gasteiger partial charge < -0.3 is 15.2 Å². The summed E-state index contributed by atoms with van der Waals surface area (Å²) in [7, 11) is 1.49. The minimum absolute atomic E-state index is 0.121. The SMILES string of the molecule is COc1ccccc1NC(=O)Cn1c(-c2ccc(F)cc2)nc(C)c(CCO)c1=O. The number of amides is 1. The number of methoxy groups -OCH3 is 1. The van der Waals surface area contributed by atoms with Crippen molar-refractivity contribution in [2.45, 2.75) is 19.9 Å². The maximum absolute atomic E-state index is 13.4. The van der Waals surface area contributed by atoms with Gasteiger partial charge in [0.1, 0.15) is 23.9 Å². The molecular formula is C22H22FN3O4. The number of carbonyl (C=O) groups is 1. The molecule has 0 spiro atoms. The molecule has 3 rings (SSSR count). The van der Waals surface area contributed by atoms with Gasteiger partial charge in [0.15, 0.2) is 0 Å². The molecule has 0 atom stereocenters. The van der Waals surface area contributed by atoms with Crippen molar-refractivity contribution in [3.05, 3.63) is 76.0 Å². The molecule has 8 heteroatoms. The number of anilines is 1. The van der Waals surface area contributed by atoms with Crippen molar-refractivity contribution in [1.82, 2.24) is 9.55 Å². The summed E-state index contributed by atoms with van der Waals surface area (Å²) in [5, 5.41) is 12.0. The Morgan fingerprint density at radius 3 is 2.57 bits per heavy atom. The topological polar surface area (TPSA) is 93.4 Å². The third-order valence-electron chi connectivity index (χ3n) is 4.62. The van der Waals surface area contributed by atoms with Crippen LogP contribution in [0.15, 0.2) is 53.3 Å². The number of hydrogen-bond acceptors (Lipinski definition) is 5. The molecule has 0 aliphatic carbocycles. The fourth-order valence-corrected chi connectivity index (χ4v) is 3.15. The number of halogens is 1. The highest BCUT2D eigenvalue weighted by Gasteiger charge is 2.18. The summed E-state index contributed by atoms with van der Waals surface area (Å²) in [5.41, 5.74) is 1.32. The van der Waals surface area contributed by atoms with Crippen molar-refractivity contribution in [2.75, 3.05) is 19.0 Å². The Kier molecular flexibility index (Phi) is 6.58. The number of carbonyl (C=O) groups excluding carboxylic acids is 1. The molecule has 30 heavy (non-hydrogen) atoms. The van der Waals surface area contributed by atoms with E-state index in [0.717, 1.165) is 0 Å². The zero-order chi connectivity index (χ0) is 21.7. The molecule has 0 aliphatic rings. The van der Waals surface area contributed by atoms with Crippen molar-refractivity contribution < 1.29 is 19.0 Å². The summed E-state index contributed by atoms with van der Waals surface area (Å²) < 4.78 is 19.8. The third kappa shape index (κ3) is 4.55. The quantitative estimate of drug-likeness (QED) is 0.623. The molecule has 0 unspecified atom stereocenters. The van der Waals surface area contributed by atoms with E-state index in [2.05, 4.69) is 10.3 Å². The van der Waals surface area contributed by atoms with Crippen LogP contribution in [0, 0.1) is 12.7 Å². The normalized spacial score (nSPS) is 10.7. The molecule has 0 saturated heterocycles. The Bertz CT molecular complexity index is 1110. The predicted octanol–water partition coefficient (Wildman–Crippen LogP) is 2.54. The first-order chi connectivity index (χ1) is 14.4. The zero-order valence-corrected chi connectivity index (χ0v) is 16.7. The highest BCUT2D eigenvalue weighted by atomic mass is 19.1. The molecule has 1 aromatic heterocycles. The highest BCUT2D eigenvalue weighted by Crippen LogP contribution is 2.23. The van der Waals surface area contributed by atoms with Gasteiger partial charge in [-0.1, -0.05) is 12.1 Å².